The fourth-order valence-electron chi connectivity index (χ4n) is 0.796. The molecule has 0 saturated carbocycles. The minimum absolute atomic E-state index is 0.238. The summed E-state index contributed by atoms with van der Waals surface area (Å²) in [5.41, 5.74) is 1.57. The minimum Gasteiger partial charge on any atom is -0.463 e. The zero-order valence-corrected chi connectivity index (χ0v) is 12.7. The highest BCUT2D eigenvalue weighted by molar-refractivity contribution is 6.42. The first-order valence-corrected chi connectivity index (χ1v) is 7.04. The summed E-state index contributed by atoms with van der Waals surface area (Å²) >= 11 is 0. The van der Waals surface area contributed by atoms with Crippen molar-refractivity contribution in [1.29, 1.82) is 0 Å². The van der Waals surface area contributed by atoms with Gasteiger partial charge in [-0.2, -0.15) is 0 Å². The van der Waals surface area contributed by atoms with Gasteiger partial charge in [-0.3, -0.25) is 0 Å². The third-order valence-corrected chi connectivity index (χ3v) is 3.53. The smallest absolute Gasteiger partial charge is 0.463 e. The van der Waals surface area contributed by atoms with Gasteiger partial charge in [-0.05, 0) is 34.6 Å². The predicted molar refractivity (Wildman–Crippen MR) is 69.8 cm³/mol. The largest absolute Gasteiger partial charge is 0.620 e. The van der Waals surface area contributed by atoms with Crippen LogP contribution in [0, 0.1) is 0 Å². The molecular formula is C12H20O5Si. The van der Waals surface area contributed by atoms with Gasteiger partial charge in [0.05, 0.1) is 0 Å². The molecule has 1 atom stereocenters. The van der Waals surface area contributed by atoms with Gasteiger partial charge in [0, 0.05) is 17.8 Å². The monoisotopic (exact) mass is 272 g/mol. The van der Waals surface area contributed by atoms with Crippen LogP contribution in [0.3, 0.4) is 0 Å². The molecule has 5 nitrogen and oxygen atoms in total. The molecule has 0 heterocycles. The van der Waals surface area contributed by atoms with Crippen LogP contribution in [0.2, 0.25) is 0 Å². The van der Waals surface area contributed by atoms with Gasteiger partial charge in [-0.15, -0.1) is 0 Å². The summed E-state index contributed by atoms with van der Waals surface area (Å²) in [5, 5.41) is 0. The standard InChI is InChI=1S/C12H20O5Si/c1-7-15-18(16-11(13)9(4)5)17-12(14)10(6)8(2)3/h18H,4,7H2,1-3,5-6H3. The summed E-state index contributed by atoms with van der Waals surface area (Å²) in [6.45, 7) is 12.3. The van der Waals surface area contributed by atoms with Crippen LogP contribution in [0.5, 0.6) is 0 Å². The van der Waals surface area contributed by atoms with Crippen LogP contribution in [0.25, 0.3) is 0 Å². The molecule has 0 aromatic carbocycles. The maximum Gasteiger partial charge on any atom is 0.620 e. The summed E-state index contributed by atoms with van der Waals surface area (Å²) in [4.78, 5) is 23.0. The Bertz CT molecular complexity index is 369. The number of hydrogen-bond donors (Lipinski definition) is 0. The molecule has 0 N–H and O–H groups in total. The third-order valence-electron chi connectivity index (χ3n) is 2.11. The van der Waals surface area contributed by atoms with E-state index in [2.05, 4.69) is 6.58 Å². The van der Waals surface area contributed by atoms with Gasteiger partial charge in [0.1, 0.15) is 0 Å². The second-order valence-corrected chi connectivity index (χ2v) is 5.34. The van der Waals surface area contributed by atoms with Crippen LogP contribution < -0.4 is 0 Å². The molecule has 0 rings (SSSR count). The van der Waals surface area contributed by atoms with E-state index in [9.17, 15) is 9.59 Å². The third kappa shape index (κ3) is 5.79. The minimum atomic E-state index is -2.80. The van der Waals surface area contributed by atoms with E-state index < -0.39 is 21.5 Å². The van der Waals surface area contributed by atoms with Crippen molar-refractivity contribution in [2.75, 3.05) is 6.61 Å². The molecule has 0 fully saturated rings. The number of carbonyl (C=O) groups is 2. The molecule has 6 heteroatoms. The van der Waals surface area contributed by atoms with E-state index in [-0.39, 0.29) is 5.57 Å². The van der Waals surface area contributed by atoms with Crippen molar-refractivity contribution in [2.45, 2.75) is 34.6 Å². The van der Waals surface area contributed by atoms with Crippen molar-refractivity contribution in [1.82, 2.24) is 0 Å². The first-order chi connectivity index (χ1) is 8.29. The Labute approximate surface area is 109 Å². The summed E-state index contributed by atoms with van der Waals surface area (Å²) in [7, 11) is -2.80. The van der Waals surface area contributed by atoms with E-state index in [1.54, 1.807) is 27.7 Å². The molecule has 1 unspecified atom stereocenters. The SMILES string of the molecule is C=C(C)C(=O)O[SiH](OCC)OC(=O)C(C)=C(C)C. The molecule has 0 radical (unpaired) electrons. The molecular weight excluding hydrogens is 252 g/mol. The van der Waals surface area contributed by atoms with E-state index in [4.69, 9.17) is 13.3 Å². The lowest BCUT2D eigenvalue weighted by Gasteiger charge is -2.16. The van der Waals surface area contributed by atoms with Crippen LogP contribution in [0.1, 0.15) is 34.6 Å². The normalized spacial score (nSPS) is 11.4. The Morgan fingerprint density at radius 2 is 1.56 bits per heavy atom. The summed E-state index contributed by atoms with van der Waals surface area (Å²) in [5.74, 6) is -1.13. The molecule has 0 aliphatic heterocycles. The Kier molecular flexibility index (Phi) is 7.22. The molecule has 18 heavy (non-hydrogen) atoms. The average Bonchev–Trinajstić information content (AvgIpc) is 2.27. The maximum atomic E-state index is 11.7. The van der Waals surface area contributed by atoms with E-state index in [0.29, 0.717) is 12.2 Å². The first-order valence-electron chi connectivity index (χ1n) is 5.62. The number of rotatable bonds is 6. The van der Waals surface area contributed by atoms with Crippen LogP contribution in [0.15, 0.2) is 23.3 Å². The Hall–Kier alpha value is -1.40. The lowest BCUT2D eigenvalue weighted by molar-refractivity contribution is -0.138. The quantitative estimate of drug-likeness (QED) is 0.544. The fourth-order valence-corrected chi connectivity index (χ4v) is 1.98. The van der Waals surface area contributed by atoms with Gasteiger partial charge >= 0.3 is 21.5 Å². The molecule has 0 aliphatic rings. The lowest BCUT2D eigenvalue weighted by Crippen LogP contribution is -2.33. The van der Waals surface area contributed by atoms with E-state index >= 15 is 0 Å². The lowest BCUT2D eigenvalue weighted by atomic mass is 10.2. The summed E-state index contributed by atoms with van der Waals surface area (Å²) in [6, 6.07) is 0. The highest BCUT2D eigenvalue weighted by Gasteiger charge is 2.26. The maximum absolute atomic E-state index is 11.7. The first kappa shape index (κ1) is 16.6. The molecule has 0 saturated heterocycles. The molecule has 0 bridgehead atoms. The van der Waals surface area contributed by atoms with Crippen molar-refractivity contribution in [2.24, 2.45) is 0 Å². The second kappa shape index (κ2) is 7.83. The van der Waals surface area contributed by atoms with E-state index in [1.165, 1.54) is 6.92 Å². The van der Waals surface area contributed by atoms with Gasteiger partial charge in [-0.1, -0.05) is 12.2 Å². The van der Waals surface area contributed by atoms with Crippen molar-refractivity contribution < 1.29 is 22.9 Å². The number of hydrogen-bond acceptors (Lipinski definition) is 5. The Balaban J connectivity index is 4.64. The molecule has 0 aromatic rings. The summed E-state index contributed by atoms with van der Waals surface area (Å²) < 4.78 is 15.2. The Morgan fingerprint density at radius 3 is 1.94 bits per heavy atom. The van der Waals surface area contributed by atoms with Crippen molar-refractivity contribution in [3.8, 4) is 0 Å². The second-order valence-electron chi connectivity index (χ2n) is 3.96. The van der Waals surface area contributed by atoms with Gasteiger partial charge in [0.15, 0.2) is 0 Å². The molecule has 0 spiro atoms. The zero-order chi connectivity index (χ0) is 14.3. The van der Waals surface area contributed by atoms with E-state index in [1.807, 2.05) is 0 Å². The number of carbonyl (C=O) groups excluding carboxylic acids is 2. The average molecular weight is 272 g/mol. The van der Waals surface area contributed by atoms with Gasteiger partial charge in [0.25, 0.3) is 0 Å². The Morgan fingerprint density at radius 1 is 1.06 bits per heavy atom. The molecule has 0 aromatic heterocycles. The highest BCUT2D eigenvalue weighted by Crippen LogP contribution is 2.07. The van der Waals surface area contributed by atoms with Crippen LogP contribution >= 0.6 is 0 Å². The van der Waals surface area contributed by atoms with Crippen LogP contribution in [-0.2, 0) is 22.9 Å². The molecule has 0 amide bonds. The van der Waals surface area contributed by atoms with Crippen LogP contribution in [0.4, 0.5) is 0 Å². The predicted octanol–water partition coefficient (Wildman–Crippen LogP) is 1.76. The molecule has 0 aliphatic carbocycles. The fraction of sp³-hybridized carbons (Fsp3) is 0.500. The zero-order valence-electron chi connectivity index (χ0n) is 11.5. The van der Waals surface area contributed by atoms with Crippen molar-refractivity contribution in [3.05, 3.63) is 23.3 Å². The number of allylic oxidation sites excluding steroid dienone is 1. The molecule has 102 valence electrons. The van der Waals surface area contributed by atoms with E-state index in [0.717, 1.165) is 5.57 Å². The van der Waals surface area contributed by atoms with Crippen molar-refractivity contribution >= 4 is 21.5 Å². The van der Waals surface area contributed by atoms with Gasteiger partial charge in [-0.25, -0.2) is 9.59 Å². The van der Waals surface area contributed by atoms with Crippen LogP contribution in [-0.4, -0.2) is 28.1 Å². The van der Waals surface area contributed by atoms with Gasteiger partial charge < -0.3 is 13.3 Å². The van der Waals surface area contributed by atoms with Gasteiger partial charge in [0.2, 0.25) is 0 Å². The topological polar surface area (TPSA) is 61.8 Å². The summed E-state index contributed by atoms with van der Waals surface area (Å²) in [6.07, 6.45) is 0. The van der Waals surface area contributed by atoms with Crippen molar-refractivity contribution in [3.63, 3.8) is 0 Å². The highest BCUT2D eigenvalue weighted by atomic mass is 28.3.